The van der Waals surface area contributed by atoms with Crippen LogP contribution in [0.4, 0.5) is 10.5 Å². The second kappa shape index (κ2) is 12.1. The third-order valence-corrected chi connectivity index (χ3v) is 10.7. The number of aromatic nitrogens is 1. The van der Waals surface area contributed by atoms with Crippen molar-refractivity contribution >= 4 is 34.9 Å². The zero-order valence-corrected chi connectivity index (χ0v) is 26.4. The van der Waals surface area contributed by atoms with E-state index < -0.39 is 0 Å². The zero-order valence-electron chi connectivity index (χ0n) is 24.9. The van der Waals surface area contributed by atoms with Crippen LogP contribution >= 0.6 is 23.2 Å². The number of urea groups is 1. The molecule has 0 radical (unpaired) electrons. The zero-order chi connectivity index (χ0) is 29.7. The molecule has 3 aliphatic heterocycles. The van der Waals surface area contributed by atoms with Crippen molar-refractivity contribution in [2.24, 2.45) is 5.92 Å². The van der Waals surface area contributed by atoms with Crippen LogP contribution in [0.3, 0.4) is 0 Å². The first-order valence-electron chi connectivity index (χ1n) is 15.8. The fourth-order valence-electron chi connectivity index (χ4n) is 7.57. The number of likely N-dealkylation sites (tertiary alicyclic amines) is 1. The number of benzene rings is 2. The van der Waals surface area contributed by atoms with Gasteiger partial charge in [0.05, 0.1) is 22.8 Å². The highest BCUT2D eigenvalue weighted by Gasteiger charge is 2.48. The van der Waals surface area contributed by atoms with Gasteiger partial charge in [0.25, 0.3) is 0 Å². The van der Waals surface area contributed by atoms with Gasteiger partial charge in [-0.3, -0.25) is 0 Å². The third kappa shape index (κ3) is 5.94. The molecule has 2 aromatic carbocycles. The van der Waals surface area contributed by atoms with E-state index in [-0.39, 0.29) is 24.2 Å². The molecule has 1 N–H and O–H groups in total. The second-order valence-corrected chi connectivity index (χ2v) is 13.9. The predicted molar refractivity (Wildman–Crippen MR) is 170 cm³/mol. The van der Waals surface area contributed by atoms with Gasteiger partial charge in [-0.1, -0.05) is 53.5 Å². The summed E-state index contributed by atoms with van der Waals surface area (Å²) in [4.78, 5) is 18.2. The van der Waals surface area contributed by atoms with Gasteiger partial charge in [0.2, 0.25) is 0 Å². The first-order valence-corrected chi connectivity index (χ1v) is 16.5. The Morgan fingerprint density at radius 1 is 1.02 bits per heavy atom. The minimum atomic E-state index is 0.00373. The lowest BCUT2D eigenvalue weighted by Gasteiger charge is -2.39. The van der Waals surface area contributed by atoms with E-state index in [1.165, 1.54) is 5.56 Å². The van der Waals surface area contributed by atoms with E-state index in [2.05, 4.69) is 52.4 Å². The summed E-state index contributed by atoms with van der Waals surface area (Å²) in [6, 6.07) is 14.2. The standard InChI is InChI=1S/C34H40Cl2N4O3/c1-20-15-25-17-26(42-19-27-32(38-43-33(27)22-9-10-22)31-28(35)7-4-8-29(31)36)18-30(20)40(25)34(41)37-24-6-3-5-23(16-24)21-11-13-39(2)14-12-21/h3-8,16,20-22,25-26,30H,9-15,17-19H2,1-2H3,(H,37,41)/t20-,25?,26+,30?/m1/s1. The monoisotopic (exact) mass is 622 g/mol. The maximum atomic E-state index is 13.7. The quantitative estimate of drug-likeness (QED) is 0.287. The number of nitrogens with one attached hydrogen (secondary N) is 1. The lowest BCUT2D eigenvalue weighted by atomic mass is 9.89. The Balaban J connectivity index is 1.03. The van der Waals surface area contributed by atoms with Crippen molar-refractivity contribution in [3.8, 4) is 11.3 Å². The van der Waals surface area contributed by atoms with Crippen molar-refractivity contribution in [2.45, 2.75) is 88.5 Å². The number of ether oxygens (including phenoxy) is 1. The minimum Gasteiger partial charge on any atom is -0.373 e. The number of hydrogen-bond acceptors (Lipinski definition) is 5. The summed E-state index contributed by atoms with van der Waals surface area (Å²) < 4.78 is 12.4. The smallest absolute Gasteiger partial charge is 0.322 e. The van der Waals surface area contributed by atoms with Gasteiger partial charge >= 0.3 is 6.03 Å². The van der Waals surface area contributed by atoms with E-state index in [9.17, 15) is 4.79 Å². The predicted octanol–water partition coefficient (Wildman–Crippen LogP) is 8.33. The highest BCUT2D eigenvalue weighted by atomic mass is 35.5. The van der Waals surface area contributed by atoms with Crippen LogP contribution in [0.2, 0.25) is 10.0 Å². The fraction of sp³-hybridized carbons (Fsp3) is 0.529. The van der Waals surface area contributed by atoms with Gasteiger partial charge in [0, 0.05) is 34.8 Å². The number of carbonyl (C=O) groups is 1. The van der Waals surface area contributed by atoms with Crippen LogP contribution in [0, 0.1) is 5.92 Å². The molecule has 43 heavy (non-hydrogen) atoms. The fourth-order valence-corrected chi connectivity index (χ4v) is 8.15. The van der Waals surface area contributed by atoms with Crippen LogP contribution < -0.4 is 5.32 Å². The first kappa shape index (κ1) is 29.1. The SMILES string of the molecule is C[C@@H]1CC2C[C@H](OCc3c(-c4c(Cl)cccc4Cl)noc3C3CC3)CC1N2C(=O)Nc1cccc(C2CCN(C)CC2)c1. The van der Waals surface area contributed by atoms with E-state index in [1.54, 1.807) is 0 Å². The Bertz CT molecular complexity index is 1460. The molecule has 3 aromatic rings. The molecule has 1 saturated carbocycles. The summed E-state index contributed by atoms with van der Waals surface area (Å²) in [6.07, 6.45) is 7.17. The van der Waals surface area contributed by atoms with Gasteiger partial charge in [-0.25, -0.2) is 4.79 Å². The number of fused-ring (bicyclic) bond motifs is 2. The molecular weight excluding hydrogens is 583 g/mol. The van der Waals surface area contributed by atoms with Crippen LogP contribution in [-0.4, -0.2) is 59.3 Å². The van der Waals surface area contributed by atoms with Gasteiger partial charge in [-0.2, -0.15) is 0 Å². The molecule has 4 heterocycles. The number of anilines is 1. The molecule has 7 rings (SSSR count). The second-order valence-electron chi connectivity index (χ2n) is 13.1. The van der Waals surface area contributed by atoms with Gasteiger partial charge in [-0.05, 0) is 107 Å². The molecule has 2 bridgehead atoms. The number of piperidine rings is 2. The molecule has 9 heteroatoms. The summed E-state index contributed by atoms with van der Waals surface area (Å²) in [7, 11) is 2.18. The number of carbonyl (C=O) groups excluding carboxylic acids is 1. The molecule has 3 saturated heterocycles. The van der Waals surface area contributed by atoms with Crippen molar-refractivity contribution in [2.75, 3.05) is 25.5 Å². The topological polar surface area (TPSA) is 70.8 Å². The maximum absolute atomic E-state index is 13.7. The molecule has 4 aliphatic rings. The minimum absolute atomic E-state index is 0.00373. The number of hydrogen-bond donors (Lipinski definition) is 1. The largest absolute Gasteiger partial charge is 0.373 e. The Labute approximate surface area is 263 Å². The van der Waals surface area contributed by atoms with Gasteiger partial charge in [0.1, 0.15) is 11.5 Å². The van der Waals surface area contributed by atoms with Crippen molar-refractivity contribution in [1.29, 1.82) is 0 Å². The van der Waals surface area contributed by atoms with E-state index in [0.717, 1.165) is 75.0 Å². The van der Waals surface area contributed by atoms with Gasteiger partial charge in [0.15, 0.2) is 0 Å². The van der Waals surface area contributed by atoms with Crippen molar-refractivity contribution in [3.05, 3.63) is 69.4 Å². The van der Waals surface area contributed by atoms with Crippen LogP contribution in [0.25, 0.3) is 11.3 Å². The number of amides is 2. The lowest BCUT2D eigenvalue weighted by molar-refractivity contribution is -0.0181. The van der Waals surface area contributed by atoms with Crippen LogP contribution in [0.5, 0.6) is 0 Å². The van der Waals surface area contributed by atoms with Gasteiger partial charge < -0.3 is 24.4 Å². The molecule has 1 aromatic heterocycles. The molecule has 7 nitrogen and oxygen atoms in total. The molecule has 4 fully saturated rings. The summed E-state index contributed by atoms with van der Waals surface area (Å²) in [5, 5.41) is 8.76. The number of halogens is 2. The lowest BCUT2D eigenvalue weighted by Crippen LogP contribution is -2.51. The summed E-state index contributed by atoms with van der Waals surface area (Å²) in [5.74, 6) is 2.24. The average Bonchev–Trinajstić information content (AvgIpc) is 3.71. The molecule has 4 atom stereocenters. The van der Waals surface area contributed by atoms with E-state index in [0.29, 0.717) is 45.7 Å². The van der Waals surface area contributed by atoms with E-state index in [4.69, 9.17) is 32.5 Å². The molecule has 0 spiro atoms. The average molecular weight is 624 g/mol. The Hall–Kier alpha value is -2.58. The molecule has 228 valence electrons. The van der Waals surface area contributed by atoms with Crippen LogP contribution in [-0.2, 0) is 11.3 Å². The van der Waals surface area contributed by atoms with Crippen molar-refractivity contribution in [3.63, 3.8) is 0 Å². The highest BCUT2D eigenvalue weighted by molar-refractivity contribution is 6.39. The van der Waals surface area contributed by atoms with E-state index >= 15 is 0 Å². The van der Waals surface area contributed by atoms with E-state index in [1.807, 2.05) is 24.3 Å². The van der Waals surface area contributed by atoms with Crippen LogP contribution in [0.1, 0.15) is 80.6 Å². The Kier molecular flexibility index (Phi) is 8.18. The Morgan fingerprint density at radius 2 is 1.77 bits per heavy atom. The molecule has 2 amide bonds. The maximum Gasteiger partial charge on any atom is 0.322 e. The Morgan fingerprint density at radius 3 is 2.49 bits per heavy atom. The normalized spacial score (nSPS) is 26.2. The first-order chi connectivity index (χ1) is 20.9. The summed E-state index contributed by atoms with van der Waals surface area (Å²) in [5.41, 5.74) is 4.53. The molecule has 1 aliphatic carbocycles. The highest BCUT2D eigenvalue weighted by Crippen LogP contribution is 2.47. The van der Waals surface area contributed by atoms with Crippen LogP contribution in [0.15, 0.2) is 47.0 Å². The molecule has 2 unspecified atom stereocenters. The summed E-state index contributed by atoms with van der Waals surface area (Å²) in [6.45, 7) is 4.89. The number of nitrogens with zero attached hydrogens (tertiary/aromatic N) is 3. The van der Waals surface area contributed by atoms with Crippen molar-refractivity contribution < 1.29 is 14.1 Å². The summed E-state index contributed by atoms with van der Waals surface area (Å²) >= 11 is 13.1. The number of rotatable bonds is 7. The molecular formula is C34H40Cl2N4O3. The van der Waals surface area contributed by atoms with Gasteiger partial charge in [-0.15, -0.1) is 0 Å². The van der Waals surface area contributed by atoms with Crippen molar-refractivity contribution in [1.82, 2.24) is 15.0 Å². The third-order valence-electron chi connectivity index (χ3n) is 10.1.